The van der Waals surface area contributed by atoms with Crippen LogP contribution in [0.15, 0.2) is 18.2 Å². The van der Waals surface area contributed by atoms with Crippen LogP contribution in [0.2, 0.25) is 0 Å². The average Bonchev–Trinajstić information content (AvgIpc) is 2.42. The third-order valence-corrected chi connectivity index (χ3v) is 3.52. The van der Waals surface area contributed by atoms with E-state index < -0.39 is 11.9 Å². The number of carboxylic acid groups (broad SMARTS) is 2. The molecule has 0 bridgehead atoms. The molecule has 1 aromatic carbocycles. The van der Waals surface area contributed by atoms with Gasteiger partial charge in [0.05, 0.1) is 11.1 Å². The van der Waals surface area contributed by atoms with Crippen molar-refractivity contribution in [2.75, 3.05) is 0 Å². The Kier molecular flexibility index (Phi) is 6.22. The molecule has 1 unspecified atom stereocenters. The number of carbonyl (C=O) groups is 2. The van der Waals surface area contributed by atoms with Gasteiger partial charge in [-0.15, -0.1) is 0 Å². The predicted molar refractivity (Wildman–Crippen MR) is 77.5 cm³/mol. The second-order valence-corrected chi connectivity index (χ2v) is 5.04. The van der Waals surface area contributed by atoms with E-state index in [0.717, 1.165) is 37.7 Å². The van der Waals surface area contributed by atoms with Gasteiger partial charge < -0.3 is 10.2 Å². The highest BCUT2D eigenvalue weighted by molar-refractivity contribution is 6.01. The van der Waals surface area contributed by atoms with Gasteiger partial charge in [0.1, 0.15) is 0 Å². The summed E-state index contributed by atoms with van der Waals surface area (Å²) in [6.07, 6.45) is 5.21. The Morgan fingerprint density at radius 3 is 2.15 bits per heavy atom. The van der Waals surface area contributed by atoms with E-state index in [9.17, 15) is 9.59 Å². The summed E-state index contributed by atoms with van der Waals surface area (Å²) in [5.41, 5.74) is 0.669. The summed E-state index contributed by atoms with van der Waals surface area (Å²) in [7, 11) is 0. The molecule has 20 heavy (non-hydrogen) atoms. The monoisotopic (exact) mass is 278 g/mol. The Morgan fingerprint density at radius 1 is 1.00 bits per heavy atom. The summed E-state index contributed by atoms with van der Waals surface area (Å²) in [6, 6.07) is 4.70. The number of hydrogen-bond acceptors (Lipinski definition) is 2. The van der Waals surface area contributed by atoms with Crippen LogP contribution in [-0.4, -0.2) is 22.2 Å². The van der Waals surface area contributed by atoms with Gasteiger partial charge in [-0.1, -0.05) is 39.2 Å². The van der Waals surface area contributed by atoms with Gasteiger partial charge in [0.15, 0.2) is 0 Å². The molecule has 4 heteroatoms. The Hall–Kier alpha value is -1.84. The zero-order valence-electron chi connectivity index (χ0n) is 12.1. The molecule has 0 spiro atoms. The van der Waals surface area contributed by atoms with Crippen LogP contribution in [0.25, 0.3) is 0 Å². The lowest BCUT2D eigenvalue weighted by Crippen LogP contribution is -2.10. The molecule has 0 aliphatic carbocycles. The van der Waals surface area contributed by atoms with Gasteiger partial charge in [0.25, 0.3) is 0 Å². The van der Waals surface area contributed by atoms with E-state index in [1.165, 1.54) is 12.1 Å². The summed E-state index contributed by atoms with van der Waals surface area (Å²) in [6.45, 7) is 4.22. The van der Waals surface area contributed by atoms with Crippen LogP contribution >= 0.6 is 0 Å². The molecule has 2 N–H and O–H groups in total. The summed E-state index contributed by atoms with van der Waals surface area (Å²) >= 11 is 0. The van der Waals surface area contributed by atoms with Crippen molar-refractivity contribution in [1.29, 1.82) is 0 Å². The Balaban J connectivity index is 3.13. The first-order valence-corrected chi connectivity index (χ1v) is 7.11. The van der Waals surface area contributed by atoms with E-state index in [0.29, 0.717) is 5.92 Å². The van der Waals surface area contributed by atoms with Crippen LogP contribution in [-0.2, 0) is 0 Å². The highest BCUT2D eigenvalue weighted by Gasteiger charge is 2.19. The quantitative estimate of drug-likeness (QED) is 0.748. The predicted octanol–water partition coefficient (Wildman–Crippen LogP) is 4.16. The van der Waals surface area contributed by atoms with Crippen molar-refractivity contribution in [3.05, 3.63) is 34.9 Å². The van der Waals surface area contributed by atoms with Gasteiger partial charge in [-0.3, -0.25) is 0 Å². The Labute approximate surface area is 119 Å². The fourth-order valence-corrected chi connectivity index (χ4v) is 2.46. The summed E-state index contributed by atoms with van der Waals surface area (Å²) in [4.78, 5) is 22.3. The third kappa shape index (κ3) is 4.08. The maximum absolute atomic E-state index is 11.2. The van der Waals surface area contributed by atoms with Crippen molar-refractivity contribution in [2.24, 2.45) is 0 Å². The molecule has 0 fully saturated rings. The normalized spacial score (nSPS) is 12.1. The first-order valence-electron chi connectivity index (χ1n) is 7.11. The maximum atomic E-state index is 11.2. The second kappa shape index (κ2) is 7.68. The van der Waals surface area contributed by atoms with Gasteiger partial charge in [-0.05, 0) is 36.5 Å². The van der Waals surface area contributed by atoms with Crippen LogP contribution in [0.1, 0.15) is 78.1 Å². The smallest absolute Gasteiger partial charge is 0.336 e. The van der Waals surface area contributed by atoms with Crippen LogP contribution in [0.5, 0.6) is 0 Å². The molecule has 0 aliphatic heterocycles. The van der Waals surface area contributed by atoms with Crippen LogP contribution in [0.3, 0.4) is 0 Å². The van der Waals surface area contributed by atoms with Gasteiger partial charge in [-0.2, -0.15) is 0 Å². The molecule has 0 saturated heterocycles. The zero-order chi connectivity index (χ0) is 15.1. The highest BCUT2D eigenvalue weighted by Crippen LogP contribution is 2.28. The van der Waals surface area contributed by atoms with E-state index in [-0.39, 0.29) is 11.1 Å². The van der Waals surface area contributed by atoms with Crippen molar-refractivity contribution in [3.8, 4) is 0 Å². The standard InChI is InChI=1S/C16H22O4/c1-3-5-7-11(6-4-2)12-8-9-13(15(17)18)14(10-12)16(19)20/h8-11H,3-7H2,1-2H3,(H,17,18)(H,19,20). The van der Waals surface area contributed by atoms with Crippen LogP contribution < -0.4 is 0 Å². The van der Waals surface area contributed by atoms with Crippen LogP contribution in [0, 0.1) is 0 Å². The highest BCUT2D eigenvalue weighted by atomic mass is 16.4. The van der Waals surface area contributed by atoms with E-state index in [2.05, 4.69) is 13.8 Å². The molecule has 1 rings (SSSR count). The lowest BCUT2D eigenvalue weighted by Gasteiger charge is -2.17. The number of rotatable bonds is 8. The SMILES string of the molecule is CCCCC(CCC)c1ccc(C(=O)O)c(C(=O)O)c1. The zero-order valence-corrected chi connectivity index (χ0v) is 12.1. The molecular formula is C16H22O4. The van der Waals surface area contributed by atoms with Gasteiger partial charge in [-0.25, -0.2) is 9.59 Å². The summed E-state index contributed by atoms with van der Waals surface area (Å²) in [5, 5.41) is 18.2. The van der Waals surface area contributed by atoms with Crippen molar-refractivity contribution in [2.45, 2.75) is 51.9 Å². The first-order chi connectivity index (χ1) is 9.51. The number of benzene rings is 1. The molecule has 0 aliphatic rings. The maximum Gasteiger partial charge on any atom is 0.336 e. The topological polar surface area (TPSA) is 74.6 Å². The second-order valence-electron chi connectivity index (χ2n) is 5.04. The lowest BCUT2D eigenvalue weighted by atomic mass is 9.88. The number of aromatic carboxylic acids is 2. The van der Waals surface area contributed by atoms with Crippen LogP contribution in [0.4, 0.5) is 0 Å². The third-order valence-electron chi connectivity index (χ3n) is 3.52. The Bertz CT molecular complexity index is 479. The molecule has 0 heterocycles. The minimum Gasteiger partial charge on any atom is -0.478 e. The minimum absolute atomic E-state index is 0.118. The first kappa shape index (κ1) is 16.2. The number of hydrogen-bond donors (Lipinski definition) is 2. The van der Waals surface area contributed by atoms with Gasteiger partial charge in [0.2, 0.25) is 0 Å². The lowest BCUT2D eigenvalue weighted by molar-refractivity contribution is 0.0651. The van der Waals surface area contributed by atoms with Crippen molar-refractivity contribution in [1.82, 2.24) is 0 Å². The molecule has 1 aromatic rings. The molecule has 0 saturated carbocycles. The van der Waals surface area contributed by atoms with Gasteiger partial charge in [0, 0.05) is 0 Å². The van der Waals surface area contributed by atoms with E-state index in [1.54, 1.807) is 6.07 Å². The van der Waals surface area contributed by atoms with Crippen molar-refractivity contribution < 1.29 is 19.8 Å². The minimum atomic E-state index is -1.20. The van der Waals surface area contributed by atoms with Crippen molar-refractivity contribution in [3.63, 3.8) is 0 Å². The molecule has 0 amide bonds. The number of carboxylic acids is 2. The summed E-state index contributed by atoms with van der Waals surface area (Å²) in [5.74, 6) is -2.08. The number of unbranched alkanes of at least 4 members (excludes halogenated alkanes) is 1. The van der Waals surface area contributed by atoms with E-state index in [1.807, 2.05) is 0 Å². The fourth-order valence-electron chi connectivity index (χ4n) is 2.46. The van der Waals surface area contributed by atoms with E-state index in [4.69, 9.17) is 10.2 Å². The molecular weight excluding hydrogens is 256 g/mol. The fraction of sp³-hybridized carbons (Fsp3) is 0.500. The molecule has 110 valence electrons. The van der Waals surface area contributed by atoms with Gasteiger partial charge >= 0.3 is 11.9 Å². The average molecular weight is 278 g/mol. The molecule has 0 aromatic heterocycles. The molecule has 4 nitrogen and oxygen atoms in total. The summed E-state index contributed by atoms with van der Waals surface area (Å²) < 4.78 is 0. The molecule has 1 atom stereocenters. The van der Waals surface area contributed by atoms with Crippen molar-refractivity contribution >= 4 is 11.9 Å². The van der Waals surface area contributed by atoms with E-state index >= 15 is 0 Å². The largest absolute Gasteiger partial charge is 0.478 e. The Morgan fingerprint density at radius 2 is 1.65 bits per heavy atom. The molecule has 0 radical (unpaired) electrons.